The average Bonchev–Trinajstić information content (AvgIpc) is 2.99. The largest absolute Gasteiger partial charge is 0.487 e. The molecule has 2 fully saturated rings. The zero-order valence-electron chi connectivity index (χ0n) is 24.3. The molecule has 2 heterocycles. The lowest BCUT2D eigenvalue weighted by Gasteiger charge is -2.34. The van der Waals surface area contributed by atoms with Gasteiger partial charge in [0.25, 0.3) is 0 Å². The molecule has 3 aromatic rings. The molecule has 2 saturated heterocycles. The molecule has 0 spiro atoms. The van der Waals surface area contributed by atoms with Gasteiger partial charge in [0.15, 0.2) is 0 Å². The SMILES string of the molecule is CC1(Oc2ccc(/C=C/CN3CCC(CC(=O)NC(c4ccc(F)cc4)c4ccc(F)cc4)CC3)cc2)CCNCC1. The van der Waals surface area contributed by atoms with Crippen molar-refractivity contribution in [1.29, 1.82) is 0 Å². The van der Waals surface area contributed by atoms with Crippen LogP contribution in [0.1, 0.15) is 61.8 Å². The molecule has 0 aromatic heterocycles. The molecule has 1 amide bonds. The predicted octanol–water partition coefficient (Wildman–Crippen LogP) is 6.51. The van der Waals surface area contributed by atoms with E-state index in [1.165, 1.54) is 24.3 Å². The van der Waals surface area contributed by atoms with E-state index in [0.717, 1.165) is 80.8 Å². The molecule has 42 heavy (non-hydrogen) atoms. The second-order valence-electron chi connectivity index (χ2n) is 11.8. The van der Waals surface area contributed by atoms with E-state index in [2.05, 4.69) is 58.9 Å². The van der Waals surface area contributed by atoms with Crippen molar-refractivity contribution in [2.45, 2.75) is 50.7 Å². The highest BCUT2D eigenvalue weighted by atomic mass is 19.1. The number of benzene rings is 3. The van der Waals surface area contributed by atoms with Gasteiger partial charge in [-0.25, -0.2) is 8.78 Å². The molecule has 0 aliphatic carbocycles. The van der Waals surface area contributed by atoms with Crippen molar-refractivity contribution < 1.29 is 18.3 Å². The third-order valence-corrected chi connectivity index (χ3v) is 8.47. The number of rotatable bonds is 10. The summed E-state index contributed by atoms with van der Waals surface area (Å²) in [6.45, 7) is 6.95. The fourth-order valence-electron chi connectivity index (χ4n) is 5.85. The normalized spacial score (nSPS) is 17.9. The Labute approximate surface area is 248 Å². The molecule has 5 nitrogen and oxygen atoms in total. The quantitative estimate of drug-likeness (QED) is 0.291. The van der Waals surface area contributed by atoms with E-state index in [4.69, 9.17) is 4.74 Å². The molecule has 7 heteroatoms. The third kappa shape index (κ3) is 8.49. The van der Waals surface area contributed by atoms with E-state index in [9.17, 15) is 13.6 Å². The Balaban J connectivity index is 1.07. The molecule has 0 unspecified atom stereocenters. The number of hydrogen-bond acceptors (Lipinski definition) is 4. The van der Waals surface area contributed by atoms with Gasteiger partial charge < -0.3 is 15.4 Å². The summed E-state index contributed by atoms with van der Waals surface area (Å²) in [5.41, 5.74) is 2.58. The van der Waals surface area contributed by atoms with Crippen molar-refractivity contribution in [3.8, 4) is 5.75 Å². The van der Waals surface area contributed by atoms with Crippen LogP contribution in [0.25, 0.3) is 6.08 Å². The van der Waals surface area contributed by atoms with Gasteiger partial charge in [-0.15, -0.1) is 0 Å². The molecule has 5 rings (SSSR count). The monoisotopic (exact) mass is 573 g/mol. The molecule has 222 valence electrons. The van der Waals surface area contributed by atoms with Gasteiger partial charge in [-0.05, 0) is 118 Å². The van der Waals surface area contributed by atoms with Gasteiger partial charge in [0.05, 0.1) is 6.04 Å². The third-order valence-electron chi connectivity index (χ3n) is 8.47. The number of ether oxygens (including phenoxy) is 1. The highest BCUT2D eigenvalue weighted by Gasteiger charge is 2.28. The van der Waals surface area contributed by atoms with Gasteiger partial charge in [0, 0.05) is 13.0 Å². The number of nitrogens with one attached hydrogen (secondary N) is 2. The number of halogens is 2. The van der Waals surface area contributed by atoms with Crippen LogP contribution in [0.15, 0.2) is 78.9 Å². The van der Waals surface area contributed by atoms with Gasteiger partial charge in [-0.1, -0.05) is 48.6 Å². The van der Waals surface area contributed by atoms with Crippen LogP contribution in [-0.4, -0.2) is 49.1 Å². The van der Waals surface area contributed by atoms with Crippen LogP contribution in [-0.2, 0) is 4.79 Å². The maximum Gasteiger partial charge on any atom is 0.221 e. The van der Waals surface area contributed by atoms with Gasteiger partial charge >= 0.3 is 0 Å². The fraction of sp³-hybridized carbons (Fsp3) is 0.400. The second kappa shape index (κ2) is 14.1. The molecule has 0 bridgehead atoms. The molecule has 2 aliphatic heterocycles. The van der Waals surface area contributed by atoms with Crippen LogP contribution in [0, 0.1) is 17.6 Å². The van der Waals surface area contributed by atoms with Crippen molar-refractivity contribution in [3.63, 3.8) is 0 Å². The molecule has 0 saturated carbocycles. The summed E-state index contributed by atoms with van der Waals surface area (Å²) in [7, 11) is 0. The molecule has 2 aliphatic rings. The van der Waals surface area contributed by atoms with E-state index in [-0.39, 0.29) is 23.1 Å². The van der Waals surface area contributed by atoms with Crippen LogP contribution in [0.2, 0.25) is 0 Å². The van der Waals surface area contributed by atoms with Gasteiger partial charge in [0.2, 0.25) is 5.91 Å². The van der Waals surface area contributed by atoms with Crippen molar-refractivity contribution in [2.24, 2.45) is 5.92 Å². The minimum Gasteiger partial charge on any atom is -0.487 e. The van der Waals surface area contributed by atoms with Gasteiger partial charge in [-0.3, -0.25) is 9.69 Å². The lowest BCUT2D eigenvalue weighted by atomic mass is 9.92. The minimum atomic E-state index is -0.461. The van der Waals surface area contributed by atoms with E-state index in [0.29, 0.717) is 12.3 Å². The number of likely N-dealkylation sites (tertiary alicyclic amines) is 1. The molecule has 0 radical (unpaired) electrons. The Bertz CT molecular complexity index is 1270. The van der Waals surface area contributed by atoms with Gasteiger partial charge in [0.1, 0.15) is 23.0 Å². The summed E-state index contributed by atoms with van der Waals surface area (Å²) < 4.78 is 33.3. The molecular formula is C35H41F2N3O2. The van der Waals surface area contributed by atoms with Crippen molar-refractivity contribution in [2.75, 3.05) is 32.7 Å². The number of carbonyl (C=O) groups is 1. The van der Waals surface area contributed by atoms with Gasteiger partial charge in [-0.2, -0.15) is 0 Å². The highest BCUT2D eigenvalue weighted by molar-refractivity contribution is 5.77. The van der Waals surface area contributed by atoms with Crippen LogP contribution >= 0.6 is 0 Å². The summed E-state index contributed by atoms with van der Waals surface area (Å²) in [6, 6.07) is 20.0. The predicted molar refractivity (Wildman–Crippen MR) is 163 cm³/mol. The van der Waals surface area contributed by atoms with Crippen LogP contribution in [0.4, 0.5) is 8.78 Å². The Kier molecular flexibility index (Phi) is 10.0. The zero-order valence-corrected chi connectivity index (χ0v) is 24.3. The standard InChI is InChI=1S/C35H41F2N3O2/c1-35(18-20-38-21-19-35)42-32-14-4-26(5-15-32)3-2-22-40-23-16-27(17-24-40)25-33(41)39-34(28-6-10-30(36)11-7-28)29-8-12-31(37)13-9-29/h2-15,27,34,38H,16-25H2,1H3,(H,39,41)/b3-2+. The summed E-state index contributed by atoms with van der Waals surface area (Å²) >= 11 is 0. The van der Waals surface area contributed by atoms with Crippen molar-refractivity contribution in [1.82, 2.24) is 15.5 Å². The number of piperidine rings is 2. The van der Waals surface area contributed by atoms with E-state index >= 15 is 0 Å². The molecule has 2 N–H and O–H groups in total. The lowest BCUT2D eigenvalue weighted by Crippen LogP contribution is -2.43. The average molecular weight is 574 g/mol. The Morgan fingerprint density at radius 3 is 2.10 bits per heavy atom. The highest BCUT2D eigenvalue weighted by Crippen LogP contribution is 2.27. The van der Waals surface area contributed by atoms with Crippen LogP contribution < -0.4 is 15.4 Å². The zero-order chi connectivity index (χ0) is 29.4. The fourth-order valence-corrected chi connectivity index (χ4v) is 5.85. The second-order valence-corrected chi connectivity index (χ2v) is 11.8. The first-order valence-electron chi connectivity index (χ1n) is 15.0. The number of amides is 1. The Morgan fingerprint density at radius 2 is 1.52 bits per heavy atom. The Hall–Kier alpha value is -3.55. The Morgan fingerprint density at radius 1 is 0.952 bits per heavy atom. The summed E-state index contributed by atoms with van der Waals surface area (Å²) in [5.74, 6) is 0.503. The first kappa shape index (κ1) is 29.9. The lowest BCUT2D eigenvalue weighted by molar-refractivity contribution is -0.122. The first-order chi connectivity index (χ1) is 20.3. The number of carbonyl (C=O) groups excluding carboxylic acids is 1. The topological polar surface area (TPSA) is 53.6 Å². The maximum absolute atomic E-state index is 13.5. The number of hydrogen-bond donors (Lipinski definition) is 2. The summed E-state index contributed by atoms with van der Waals surface area (Å²) in [6.07, 6.45) is 8.74. The van der Waals surface area contributed by atoms with Crippen molar-refractivity contribution >= 4 is 12.0 Å². The summed E-state index contributed by atoms with van der Waals surface area (Å²) in [4.78, 5) is 15.5. The van der Waals surface area contributed by atoms with Crippen LogP contribution in [0.3, 0.4) is 0 Å². The molecular weight excluding hydrogens is 532 g/mol. The molecule has 0 atom stereocenters. The van der Waals surface area contributed by atoms with E-state index in [1.807, 2.05) is 0 Å². The smallest absolute Gasteiger partial charge is 0.221 e. The molecule has 3 aromatic carbocycles. The number of nitrogens with zero attached hydrogens (tertiary/aromatic N) is 1. The van der Waals surface area contributed by atoms with E-state index in [1.54, 1.807) is 24.3 Å². The van der Waals surface area contributed by atoms with Crippen LogP contribution in [0.5, 0.6) is 5.75 Å². The maximum atomic E-state index is 13.5. The summed E-state index contributed by atoms with van der Waals surface area (Å²) in [5, 5.41) is 6.49. The van der Waals surface area contributed by atoms with E-state index < -0.39 is 6.04 Å². The minimum absolute atomic E-state index is 0.0476. The first-order valence-corrected chi connectivity index (χ1v) is 15.0. The van der Waals surface area contributed by atoms with Crippen molar-refractivity contribution in [3.05, 3.63) is 107 Å².